The van der Waals surface area contributed by atoms with E-state index in [1.165, 1.54) is 37.8 Å². The Bertz CT molecular complexity index is 611. The second-order valence-corrected chi connectivity index (χ2v) is 7.13. The highest BCUT2D eigenvalue weighted by Crippen LogP contribution is 2.17. The molecule has 1 fully saturated rings. The third-order valence-electron chi connectivity index (χ3n) is 3.88. The highest BCUT2D eigenvalue weighted by Gasteiger charge is 2.15. The summed E-state index contributed by atoms with van der Waals surface area (Å²) in [6.07, 6.45) is 5.76. The van der Waals surface area contributed by atoms with Crippen LogP contribution in [-0.2, 0) is 16.4 Å². The minimum Gasteiger partial charge on any atom is -0.356 e. The van der Waals surface area contributed by atoms with Crippen molar-refractivity contribution >= 4 is 40.0 Å². The number of halogens is 1. The van der Waals surface area contributed by atoms with Gasteiger partial charge in [0.25, 0.3) is 0 Å². The largest absolute Gasteiger partial charge is 0.356 e. The summed E-state index contributed by atoms with van der Waals surface area (Å²) in [5, 5.41) is 11.8. The number of rotatable bonds is 5. The van der Waals surface area contributed by atoms with Gasteiger partial charge < -0.3 is 10.6 Å². The van der Waals surface area contributed by atoms with E-state index in [1.54, 1.807) is 19.2 Å². The van der Waals surface area contributed by atoms with Gasteiger partial charge in [-0.3, -0.25) is 4.99 Å². The molecule has 23 heavy (non-hydrogen) atoms. The van der Waals surface area contributed by atoms with E-state index >= 15 is 0 Å². The fourth-order valence-electron chi connectivity index (χ4n) is 2.63. The maximum atomic E-state index is 11.2. The summed E-state index contributed by atoms with van der Waals surface area (Å²) in [7, 11) is -1.85. The summed E-state index contributed by atoms with van der Waals surface area (Å²) in [5.74, 6) is 0.827. The van der Waals surface area contributed by atoms with Gasteiger partial charge in [-0.25, -0.2) is 13.6 Å². The Morgan fingerprint density at radius 2 is 1.87 bits per heavy atom. The predicted molar refractivity (Wildman–Crippen MR) is 104 cm³/mol. The molecule has 0 aliphatic heterocycles. The van der Waals surface area contributed by atoms with Crippen molar-refractivity contribution in [3.05, 3.63) is 29.8 Å². The van der Waals surface area contributed by atoms with Crippen LogP contribution in [0.5, 0.6) is 0 Å². The van der Waals surface area contributed by atoms with Crippen molar-refractivity contribution in [3.63, 3.8) is 0 Å². The van der Waals surface area contributed by atoms with E-state index in [2.05, 4.69) is 15.6 Å². The molecule has 0 amide bonds. The van der Waals surface area contributed by atoms with Crippen LogP contribution in [-0.4, -0.2) is 34.0 Å². The minimum atomic E-state index is -3.62. The van der Waals surface area contributed by atoms with Crippen LogP contribution in [0.2, 0.25) is 0 Å². The van der Waals surface area contributed by atoms with Crippen LogP contribution in [0.25, 0.3) is 0 Å². The van der Waals surface area contributed by atoms with E-state index in [1.807, 2.05) is 0 Å². The predicted octanol–water partition coefficient (Wildman–Crippen LogP) is 1.60. The van der Waals surface area contributed by atoms with Crippen LogP contribution in [0.1, 0.15) is 31.2 Å². The van der Waals surface area contributed by atoms with Gasteiger partial charge >= 0.3 is 0 Å². The maximum Gasteiger partial charge on any atom is 0.238 e. The Balaban J connectivity index is 0.00000264. The third kappa shape index (κ3) is 6.64. The Hall–Kier alpha value is -0.870. The molecule has 1 saturated carbocycles. The van der Waals surface area contributed by atoms with Gasteiger partial charge in [0.1, 0.15) is 0 Å². The summed E-state index contributed by atoms with van der Waals surface area (Å²) in [5.41, 5.74) is 1.05. The lowest BCUT2D eigenvalue weighted by molar-refractivity contribution is 0.598. The van der Waals surface area contributed by atoms with Crippen LogP contribution in [0.15, 0.2) is 34.2 Å². The molecule has 0 atom stereocenters. The second kappa shape index (κ2) is 9.43. The molecule has 130 valence electrons. The number of aliphatic imine (C=N–C) groups is 1. The lowest BCUT2D eigenvalue weighted by Crippen LogP contribution is -2.42. The van der Waals surface area contributed by atoms with Crippen LogP contribution in [0.4, 0.5) is 0 Å². The topological polar surface area (TPSA) is 96.6 Å². The monoisotopic (exact) mass is 452 g/mol. The summed E-state index contributed by atoms with van der Waals surface area (Å²) in [4.78, 5) is 4.37. The molecular formula is C15H25IN4O2S. The smallest absolute Gasteiger partial charge is 0.238 e. The molecule has 0 saturated heterocycles. The number of nitrogens with zero attached hydrogens (tertiary/aromatic N) is 1. The highest BCUT2D eigenvalue weighted by molar-refractivity contribution is 14.0. The molecule has 0 radical (unpaired) electrons. The van der Waals surface area contributed by atoms with Crippen molar-refractivity contribution in [1.29, 1.82) is 0 Å². The van der Waals surface area contributed by atoms with Crippen molar-refractivity contribution in [2.75, 3.05) is 13.6 Å². The van der Waals surface area contributed by atoms with Gasteiger partial charge in [-0.15, -0.1) is 24.0 Å². The first-order chi connectivity index (χ1) is 10.5. The van der Waals surface area contributed by atoms with E-state index in [0.717, 1.165) is 24.5 Å². The Morgan fingerprint density at radius 3 is 2.39 bits per heavy atom. The first-order valence-electron chi connectivity index (χ1n) is 7.58. The molecule has 0 aromatic heterocycles. The Labute approximate surface area is 155 Å². The van der Waals surface area contributed by atoms with Crippen molar-refractivity contribution in [3.8, 4) is 0 Å². The van der Waals surface area contributed by atoms with E-state index in [0.29, 0.717) is 6.04 Å². The summed E-state index contributed by atoms with van der Waals surface area (Å²) < 4.78 is 22.4. The average molecular weight is 452 g/mol. The maximum absolute atomic E-state index is 11.2. The second-order valence-electron chi connectivity index (χ2n) is 5.56. The number of hydrogen-bond acceptors (Lipinski definition) is 3. The van der Waals surface area contributed by atoms with Crippen LogP contribution in [0, 0.1) is 0 Å². The fraction of sp³-hybridized carbons (Fsp3) is 0.533. The van der Waals surface area contributed by atoms with Crippen molar-refractivity contribution in [2.45, 2.75) is 43.0 Å². The van der Waals surface area contributed by atoms with Gasteiger partial charge in [0.15, 0.2) is 5.96 Å². The molecule has 0 bridgehead atoms. The number of nitrogens with one attached hydrogen (secondary N) is 2. The summed E-state index contributed by atoms with van der Waals surface area (Å²) in [6, 6.07) is 7.18. The molecule has 8 heteroatoms. The van der Waals surface area contributed by atoms with Gasteiger partial charge in [-0.05, 0) is 37.0 Å². The minimum absolute atomic E-state index is 0. The third-order valence-corrected chi connectivity index (χ3v) is 4.81. The molecule has 1 aliphatic rings. The van der Waals surface area contributed by atoms with Crippen LogP contribution >= 0.6 is 24.0 Å². The lowest BCUT2D eigenvalue weighted by atomic mass is 10.1. The molecule has 0 spiro atoms. The van der Waals surface area contributed by atoms with E-state index in [4.69, 9.17) is 5.14 Å². The molecule has 0 heterocycles. The molecule has 1 aliphatic carbocycles. The first-order valence-corrected chi connectivity index (χ1v) is 9.12. The first kappa shape index (κ1) is 20.2. The van der Waals surface area contributed by atoms with Gasteiger partial charge in [-0.1, -0.05) is 25.0 Å². The quantitative estimate of drug-likeness (QED) is 0.359. The summed E-state index contributed by atoms with van der Waals surface area (Å²) >= 11 is 0. The van der Waals surface area contributed by atoms with Gasteiger partial charge in [0, 0.05) is 19.6 Å². The number of guanidine groups is 1. The normalized spacial score (nSPS) is 16.0. The number of benzene rings is 1. The standard InChI is InChI=1S/C15H24N4O2S.HI/c1-17-15(19-13-4-2-3-5-13)18-11-10-12-6-8-14(9-7-12)22(16,20)21;/h6-9,13H,2-5,10-11H2,1H3,(H2,16,20,21)(H2,17,18,19);1H. The lowest BCUT2D eigenvalue weighted by Gasteiger charge is -2.16. The zero-order chi connectivity index (χ0) is 16.0. The molecule has 4 N–H and O–H groups in total. The average Bonchev–Trinajstić information content (AvgIpc) is 2.99. The SMILES string of the molecule is CN=C(NCCc1ccc(S(N)(=O)=O)cc1)NC1CCCC1.I. The molecular weight excluding hydrogens is 427 g/mol. The molecule has 2 rings (SSSR count). The fourth-order valence-corrected chi connectivity index (χ4v) is 3.14. The number of nitrogens with two attached hydrogens (primary N) is 1. The van der Waals surface area contributed by atoms with E-state index in [9.17, 15) is 8.42 Å². The van der Waals surface area contributed by atoms with Crippen LogP contribution < -0.4 is 15.8 Å². The van der Waals surface area contributed by atoms with E-state index < -0.39 is 10.0 Å². The summed E-state index contributed by atoms with van der Waals surface area (Å²) in [6.45, 7) is 0.737. The van der Waals surface area contributed by atoms with Crippen molar-refractivity contribution < 1.29 is 8.42 Å². The number of primary sulfonamides is 1. The zero-order valence-electron chi connectivity index (χ0n) is 13.3. The Morgan fingerprint density at radius 1 is 1.26 bits per heavy atom. The number of sulfonamides is 1. The molecule has 6 nitrogen and oxygen atoms in total. The van der Waals surface area contributed by atoms with Crippen LogP contribution in [0.3, 0.4) is 0 Å². The van der Waals surface area contributed by atoms with Crippen molar-refractivity contribution in [1.82, 2.24) is 10.6 Å². The zero-order valence-corrected chi connectivity index (χ0v) is 16.4. The van der Waals surface area contributed by atoms with Gasteiger partial charge in [-0.2, -0.15) is 0 Å². The highest BCUT2D eigenvalue weighted by atomic mass is 127. The molecule has 0 unspecified atom stereocenters. The molecule has 1 aromatic carbocycles. The Kier molecular flexibility index (Phi) is 8.27. The van der Waals surface area contributed by atoms with Gasteiger partial charge in [0.05, 0.1) is 4.90 Å². The van der Waals surface area contributed by atoms with E-state index in [-0.39, 0.29) is 28.9 Å². The van der Waals surface area contributed by atoms with Gasteiger partial charge in [0.2, 0.25) is 10.0 Å². The van der Waals surface area contributed by atoms with Crippen molar-refractivity contribution in [2.24, 2.45) is 10.1 Å². The molecule has 1 aromatic rings. The number of hydrogen-bond donors (Lipinski definition) is 3.